The summed E-state index contributed by atoms with van der Waals surface area (Å²) in [7, 11) is -3.95. The Morgan fingerprint density at radius 3 is 1.96 bits per heavy atom. The summed E-state index contributed by atoms with van der Waals surface area (Å²) < 4.78 is 110. The Morgan fingerprint density at radius 1 is 1.00 bits per heavy atom. The molecule has 1 aromatic carbocycles. The van der Waals surface area contributed by atoms with E-state index < -0.39 is 55.1 Å². The lowest BCUT2D eigenvalue weighted by atomic mass is 10.1. The Morgan fingerprint density at radius 2 is 1.52 bits per heavy atom. The number of thiophene rings is 1. The maximum atomic E-state index is 12.8. The molecule has 0 atom stereocenters. The van der Waals surface area contributed by atoms with Gasteiger partial charge in [0.2, 0.25) is 0 Å². The van der Waals surface area contributed by atoms with Crippen LogP contribution < -0.4 is 4.18 Å². The molecule has 0 radical (unpaired) electrons. The van der Waals surface area contributed by atoms with Crippen LogP contribution in [0.3, 0.4) is 0 Å². The molecular formula is C14H8F6O5S2. The first-order chi connectivity index (χ1) is 12.3. The molecule has 0 aliphatic heterocycles. The predicted molar refractivity (Wildman–Crippen MR) is 79.9 cm³/mol. The van der Waals surface area contributed by atoms with Gasteiger partial charge in [0.15, 0.2) is 0 Å². The summed E-state index contributed by atoms with van der Waals surface area (Å²) in [5.41, 5.74) is -3.50. The van der Waals surface area contributed by atoms with Crippen LogP contribution >= 0.6 is 11.3 Å². The molecule has 0 unspecified atom stereocenters. The zero-order valence-corrected chi connectivity index (χ0v) is 14.6. The van der Waals surface area contributed by atoms with Gasteiger partial charge in [-0.05, 0) is 29.6 Å². The summed E-state index contributed by atoms with van der Waals surface area (Å²) in [6.45, 7) is 0. The average Bonchev–Trinajstić information content (AvgIpc) is 3.02. The van der Waals surface area contributed by atoms with Crippen molar-refractivity contribution >= 4 is 27.4 Å². The monoisotopic (exact) mass is 434 g/mol. The molecule has 0 amide bonds. The largest absolute Gasteiger partial charge is 0.465 e. The van der Waals surface area contributed by atoms with Gasteiger partial charge in [0.1, 0.15) is 15.5 Å². The normalized spacial score (nSPS) is 12.7. The van der Waals surface area contributed by atoms with E-state index >= 15 is 0 Å². The highest BCUT2D eigenvalue weighted by Gasteiger charge is 2.38. The number of benzene rings is 1. The van der Waals surface area contributed by atoms with Crippen LogP contribution in [0.25, 0.3) is 0 Å². The Labute approximate surface area is 152 Å². The third-order valence-electron chi connectivity index (χ3n) is 3.04. The van der Waals surface area contributed by atoms with Gasteiger partial charge >= 0.3 is 28.4 Å². The van der Waals surface area contributed by atoms with Crippen molar-refractivity contribution in [3.05, 3.63) is 45.6 Å². The molecule has 0 saturated heterocycles. The van der Waals surface area contributed by atoms with Gasteiger partial charge in [0, 0.05) is 0 Å². The van der Waals surface area contributed by atoms with E-state index in [1.54, 1.807) is 0 Å². The fraction of sp³-hybridized carbons (Fsp3) is 0.214. The van der Waals surface area contributed by atoms with Crippen LogP contribution in [0.2, 0.25) is 0 Å². The number of rotatable bonds is 4. The molecule has 1 heterocycles. The molecule has 148 valence electrons. The highest BCUT2D eigenvalue weighted by atomic mass is 32.2. The highest BCUT2D eigenvalue weighted by molar-refractivity contribution is 7.87. The number of carbonyl (C=O) groups excluding carboxylic acids is 1. The Kier molecular flexibility index (Phi) is 5.48. The summed E-state index contributed by atoms with van der Waals surface area (Å²) in [5, 5.41) is 1.16. The van der Waals surface area contributed by atoms with Crippen LogP contribution in [0.1, 0.15) is 20.8 Å². The molecule has 13 heteroatoms. The van der Waals surface area contributed by atoms with Gasteiger partial charge in [-0.3, -0.25) is 0 Å². The quantitative estimate of drug-likeness (QED) is 0.407. The molecule has 0 aliphatic rings. The van der Waals surface area contributed by atoms with Gasteiger partial charge in [-0.1, -0.05) is 0 Å². The highest BCUT2D eigenvalue weighted by Crippen LogP contribution is 2.39. The summed E-state index contributed by atoms with van der Waals surface area (Å²) in [6.07, 6.45) is -10.4. The molecule has 2 aromatic rings. The molecular weight excluding hydrogens is 426 g/mol. The predicted octanol–water partition coefficient (Wildman–Crippen LogP) is 4.34. The van der Waals surface area contributed by atoms with Crippen molar-refractivity contribution in [2.45, 2.75) is 17.2 Å². The minimum atomic E-state index is -5.18. The van der Waals surface area contributed by atoms with Crippen LogP contribution in [-0.2, 0) is 27.2 Å². The molecule has 0 spiro atoms. The molecule has 2 rings (SSSR count). The average molecular weight is 434 g/mol. The second kappa shape index (κ2) is 7.03. The summed E-state index contributed by atoms with van der Waals surface area (Å²) in [4.78, 5) is 10.3. The van der Waals surface area contributed by atoms with E-state index in [0.29, 0.717) is 11.3 Å². The number of alkyl halides is 6. The van der Waals surface area contributed by atoms with Crippen LogP contribution in [0, 0.1) is 0 Å². The summed E-state index contributed by atoms with van der Waals surface area (Å²) >= 11 is 0.641. The molecule has 0 aliphatic carbocycles. The van der Waals surface area contributed by atoms with Crippen LogP contribution in [0.5, 0.6) is 5.75 Å². The van der Waals surface area contributed by atoms with E-state index in [4.69, 9.17) is 0 Å². The van der Waals surface area contributed by atoms with Crippen molar-refractivity contribution in [2.24, 2.45) is 0 Å². The van der Waals surface area contributed by atoms with E-state index in [1.165, 1.54) is 0 Å². The summed E-state index contributed by atoms with van der Waals surface area (Å²) in [5.74, 6) is -2.27. The number of esters is 1. The lowest BCUT2D eigenvalue weighted by molar-refractivity contribution is -0.143. The fourth-order valence-electron chi connectivity index (χ4n) is 1.88. The van der Waals surface area contributed by atoms with Crippen molar-refractivity contribution in [3.8, 4) is 5.75 Å². The van der Waals surface area contributed by atoms with Gasteiger partial charge in [-0.15, -0.1) is 11.3 Å². The lowest BCUT2D eigenvalue weighted by Crippen LogP contribution is -2.15. The van der Waals surface area contributed by atoms with Crippen molar-refractivity contribution < 1.29 is 48.5 Å². The fourth-order valence-corrected chi connectivity index (χ4v) is 4.11. The van der Waals surface area contributed by atoms with Gasteiger partial charge in [0.05, 0.1) is 18.2 Å². The molecule has 5 nitrogen and oxygen atoms in total. The van der Waals surface area contributed by atoms with E-state index in [9.17, 15) is 39.6 Å². The zero-order valence-electron chi connectivity index (χ0n) is 13.0. The third-order valence-corrected chi connectivity index (χ3v) is 5.35. The van der Waals surface area contributed by atoms with Gasteiger partial charge in [-0.25, -0.2) is 4.79 Å². The van der Waals surface area contributed by atoms with Gasteiger partial charge in [0.25, 0.3) is 0 Å². The first-order valence-corrected chi connectivity index (χ1v) is 8.94. The molecule has 1 aromatic heterocycles. The minimum absolute atomic E-state index is 0.108. The number of carbonyl (C=O) groups is 1. The lowest BCUT2D eigenvalue weighted by Gasteiger charge is -2.14. The van der Waals surface area contributed by atoms with Crippen molar-refractivity contribution in [1.29, 1.82) is 0 Å². The third kappa shape index (κ3) is 4.71. The van der Waals surface area contributed by atoms with Crippen molar-refractivity contribution in [2.75, 3.05) is 7.11 Å². The smallest absolute Gasteiger partial charge is 0.416 e. The Bertz CT molecular complexity index is 927. The molecule has 0 bridgehead atoms. The Balaban J connectivity index is 2.53. The maximum absolute atomic E-state index is 12.8. The van der Waals surface area contributed by atoms with Gasteiger partial charge in [-0.2, -0.15) is 34.8 Å². The standard InChI is InChI=1S/C14H8F6O5S2/c1-24-12(21)11-10(2-3-26-11)27(22,23)25-9-5-7(13(15,16)17)4-8(6-9)14(18,19)20/h2-6H,1H3. The second-order valence-corrected chi connectivity index (χ2v) is 7.32. The number of methoxy groups -OCH3 is 1. The number of ether oxygens (including phenoxy) is 1. The molecule has 0 N–H and O–H groups in total. The number of hydrogen-bond donors (Lipinski definition) is 0. The van der Waals surface area contributed by atoms with E-state index in [0.717, 1.165) is 18.6 Å². The van der Waals surface area contributed by atoms with E-state index in [2.05, 4.69) is 8.92 Å². The van der Waals surface area contributed by atoms with E-state index in [-0.39, 0.29) is 18.2 Å². The van der Waals surface area contributed by atoms with Crippen LogP contribution in [0.4, 0.5) is 26.3 Å². The molecule has 0 saturated carbocycles. The van der Waals surface area contributed by atoms with Crippen molar-refractivity contribution in [3.63, 3.8) is 0 Å². The number of hydrogen-bond acceptors (Lipinski definition) is 6. The topological polar surface area (TPSA) is 69.7 Å². The Hall–Kier alpha value is -2.28. The minimum Gasteiger partial charge on any atom is -0.465 e. The first-order valence-electron chi connectivity index (χ1n) is 6.65. The van der Waals surface area contributed by atoms with Crippen LogP contribution in [0.15, 0.2) is 34.5 Å². The van der Waals surface area contributed by atoms with Crippen LogP contribution in [-0.4, -0.2) is 21.5 Å². The zero-order chi connectivity index (χ0) is 20.6. The van der Waals surface area contributed by atoms with Gasteiger partial charge < -0.3 is 8.92 Å². The molecule has 0 fully saturated rings. The molecule has 27 heavy (non-hydrogen) atoms. The second-order valence-electron chi connectivity index (χ2n) is 4.88. The summed E-state index contributed by atoms with van der Waals surface area (Å²) in [6, 6.07) is 0.947. The van der Waals surface area contributed by atoms with Crippen molar-refractivity contribution in [1.82, 2.24) is 0 Å². The van der Waals surface area contributed by atoms with E-state index in [1.807, 2.05) is 0 Å². The first kappa shape index (κ1) is 21.0. The number of halogens is 6. The SMILES string of the molecule is COC(=O)c1sccc1S(=O)(=O)Oc1cc(C(F)(F)F)cc(C(F)(F)F)c1. The maximum Gasteiger partial charge on any atom is 0.416 e.